The zero-order valence-electron chi connectivity index (χ0n) is 37.5. The molecule has 9 nitrogen and oxygen atoms in total. The van der Waals surface area contributed by atoms with Crippen molar-refractivity contribution in [2.24, 2.45) is 5.73 Å². The first-order valence-corrected chi connectivity index (χ1v) is 24.9. The van der Waals surface area contributed by atoms with Gasteiger partial charge in [-0.2, -0.15) is 0 Å². The molecular formula is C49H86NO8P. The highest BCUT2D eigenvalue weighted by Crippen LogP contribution is 2.43. The van der Waals surface area contributed by atoms with Crippen LogP contribution in [0, 0.1) is 0 Å². The summed E-state index contributed by atoms with van der Waals surface area (Å²) in [6, 6.07) is 0. The Morgan fingerprint density at radius 2 is 0.932 bits per heavy atom. The molecule has 0 bridgehead atoms. The molecule has 3 N–H and O–H groups in total. The van der Waals surface area contributed by atoms with E-state index in [0.29, 0.717) is 6.42 Å². The van der Waals surface area contributed by atoms with Crippen LogP contribution >= 0.6 is 7.82 Å². The second kappa shape index (κ2) is 45.0. The van der Waals surface area contributed by atoms with Crippen molar-refractivity contribution in [3.05, 3.63) is 72.9 Å². The van der Waals surface area contributed by atoms with Gasteiger partial charge in [0.05, 0.1) is 13.2 Å². The van der Waals surface area contributed by atoms with Crippen LogP contribution in [0.25, 0.3) is 0 Å². The molecule has 0 amide bonds. The Bertz CT molecular complexity index is 1190. The highest BCUT2D eigenvalue weighted by atomic mass is 31.2. The third kappa shape index (κ3) is 44.8. The van der Waals surface area contributed by atoms with Crippen molar-refractivity contribution in [2.45, 2.75) is 200 Å². The van der Waals surface area contributed by atoms with Gasteiger partial charge >= 0.3 is 19.8 Å². The van der Waals surface area contributed by atoms with Crippen LogP contribution in [0.15, 0.2) is 72.9 Å². The van der Waals surface area contributed by atoms with Gasteiger partial charge < -0.3 is 20.1 Å². The van der Waals surface area contributed by atoms with Crippen molar-refractivity contribution in [1.29, 1.82) is 0 Å². The Morgan fingerprint density at radius 1 is 0.525 bits per heavy atom. The standard InChI is InChI=1S/C49H86NO8P/c1-3-5-7-9-11-12-13-14-15-16-17-18-19-20-21-22-23-24-25-26-27-28-29-30-31-32-33-34-36-38-40-42-49(52)58-47(46-57-59(53,54)56-44-43-50)45-55-48(51)41-39-37-35-10-8-6-4-2/h5,7,11-12,14-15,17-18,20-21,23-24,47H,3-4,6,8-10,13,16,19,22,25-46,50H2,1-2H3,(H,53,54)/b7-5-,12-11-,15-14-,18-17-,21-20-,24-23-. The van der Waals surface area contributed by atoms with Crippen LogP contribution < -0.4 is 5.73 Å². The van der Waals surface area contributed by atoms with Gasteiger partial charge in [0.15, 0.2) is 6.10 Å². The number of carbonyl (C=O) groups excluding carboxylic acids is 2. The molecule has 0 aliphatic rings. The van der Waals surface area contributed by atoms with Crippen LogP contribution in [-0.4, -0.2) is 49.3 Å². The Hall–Kier alpha value is -2.55. The molecule has 59 heavy (non-hydrogen) atoms. The maximum absolute atomic E-state index is 12.6. The van der Waals surface area contributed by atoms with Crippen LogP contribution in [0.4, 0.5) is 0 Å². The number of carbonyl (C=O) groups is 2. The number of hydrogen-bond acceptors (Lipinski definition) is 8. The molecule has 340 valence electrons. The monoisotopic (exact) mass is 848 g/mol. The highest BCUT2D eigenvalue weighted by molar-refractivity contribution is 7.47. The lowest BCUT2D eigenvalue weighted by molar-refractivity contribution is -0.161. The second-order valence-corrected chi connectivity index (χ2v) is 16.7. The fourth-order valence-corrected chi connectivity index (χ4v) is 6.93. The Kier molecular flexibility index (Phi) is 43.0. The highest BCUT2D eigenvalue weighted by Gasteiger charge is 2.26. The van der Waals surface area contributed by atoms with Crippen molar-refractivity contribution in [1.82, 2.24) is 0 Å². The number of allylic oxidation sites excluding steroid dienone is 12. The minimum atomic E-state index is -4.37. The quantitative estimate of drug-likeness (QED) is 0.0266. The van der Waals surface area contributed by atoms with Crippen molar-refractivity contribution in [2.75, 3.05) is 26.4 Å². The summed E-state index contributed by atoms with van der Waals surface area (Å²) in [5, 5.41) is 0. The van der Waals surface area contributed by atoms with Crippen LogP contribution in [0.5, 0.6) is 0 Å². The molecule has 0 heterocycles. The lowest BCUT2D eigenvalue weighted by Gasteiger charge is -2.19. The average molecular weight is 848 g/mol. The molecule has 0 fully saturated rings. The first-order valence-electron chi connectivity index (χ1n) is 23.4. The normalized spacial score (nSPS) is 13.9. The fourth-order valence-electron chi connectivity index (χ4n) is 6.17. The van der Waals surface area contributed by atoms with Gasteiger partial charge in [-0.05, 0) is 64.2 Å². The van der Waals surface area contributed by atoms with Gasteiger partial charge in [0, 0.05) is 19.4 Å². The topological polar surface area (TPSA) is 134 Å². The number of phosphoric ester groups is 1. The summed E-state index contributed by atoms with van der Waals surface area (Å²) in [5.41, 5.74) is 5.34. The molecule has 0 saturated heterocycles. The van der Waals surface area contributed by atoms with Gasteiger partial charge in [0.25, 0.3) is 0 Å². The summed E-state index contributed by atoms with van der Waals surface area (Å²) in [6.07, 6.45) is 55.4. The van der Waals surface area contributed by atoms with Gasteiger partial charge in [-0.15, -0.1) is 0 Å². The first-order chi connectivity index (χ1) is 28.8. The van der Waals surface area contributed by atoms with Crippen LogP contribution in [0.3, 0.4) is 0 Å². The summed E-state index contributed by atoms with van der Waals surface area (Å²) in [4.78, 5) is 34.7. The molecule has 0 aromatic heterocycles. The van der Waals surface area contributed by atoms with E-state index in [1.165, 1.54) is 83.5 Å². The molecule has 0 saturated carbocycles. The van der Waals surface area contributed by atoms with Gasteiger partial charge in [-0.3, -0.25) is 18.6 Å². The smallest absolute Gasteiger partial charge is 0.462 e. The van der Waals surface area contributed by atoms with E-state index >= 15 is 0 Å². The van der Waals surface area contributed by atoms with E-state index in [1.807, 2.05) is 0 Å². The summed E-state index contributed by atoms with van der Waals surface area (Å²) >= 11 is 0. The largest absolute Gasteiger partial charge is 0.472 e. The molecule has 0 aliphatic carbocycles. The van der Waals surface area contributed by atoms with E-state index in [-0.39, 0.29) is 38.6 Å². The third-order valence-electron chi connectivity index (χ3n) is 9.61. The SMILES string of the molecule is CC/C=C\C/C=C\C/C=C\C/C=C\C/C=C\C/C=C\CCCCCCCCCCCCCCC(=O)OC(COC(=O)CCCCCCCCC)COP(=O)(O)OCCN. The summed E-state index contributed by atoms with van der Waals surface area (Å²) in [7, 11) is -4.37. The molecule has 2 atom stereocenters. The average Bonchev–Trinajstić information content (AvgIpc) is 3.22. The number of ether oxygens (including phenoxy) is 2. The van der Waals surface area contributed by atoms with E-state index in [4.69, 9.17) is 24.3 Å². The third-order valence-corrected chi connectivity index (χ3v) is 10.6. The van der Waals surface area contributed by atoms with E-state index in [1.54, 1.807) is 0 Å². The van der Waals surface area contributed by atoms with E-state index < -0.39 is 26.5 Å². The lowest BCUT2D eigenvalue weighted by Crippen LogP contribution is -2.29. The van der Waals surface area contributed by atoms with Gasteiger partial charge in [-0.1, -0.05) is 189 Å². The zero-order chi connectivity index (χ0) is 43.2. The fraction of sp³-hybridized carbons (Fsp3) is 0.714. The van der Waals surface area contributed by atoms with Crippen molar-refractivity contribution >= 4 is 19.8 Å². The number of rotatable bonds is 43. The zero-order valence-corrected chi connectivity index (χ0v) is 38.4. The van der Waals surface area contributed by atoms with Gasteiger partial charge in [-0.25, -0.2) is 4.57 Å². The molecular weight excluding hydrogens is 762 g/mol. The molecule has 0 radical (unpaired) electrons. The molecule has 0 aromatic carbocycles. The predicted molar refractivity (Wildman–Crippen MR) is 247 cm³/mol. The number of hydrogen-bond donors (Lipinski definition) is 2. The number of unbranched alkanes of at least 4 members (excludes halogenated alkanes) is 18. The van der Waals surface area contributed by atoms with E-state index in [2.05, 4.69) is 86.8 Å². The Balaban J connectivity index is 3.91. The lowest BCUT2D eigenvalue weighted by atomic mass is 10.0. The van der Waals surface area contributed by atoms with Crippen molar-refractivity contribution in [3.63, 3.8) is 0 Å². The van der Waals surface area contributed by atoms with Crippen LogP contribution in [-0.2, 0) is 32.7 Å². The molecule has 10 heteroatoms. The summed E-state index contributed by atoms with van der Waals surface area (Å²) in [6.45, 7) is 3.56. The minimum Gasteiger partial charge on any atom is -0.462 e. The number of nitrogens with two attached hydrogens (primary N) is 1. The van der Waals surface area contributed by atoms with Gasteiger partial charge in [0.2, 0.25) is 0 Å². The number of esters is 2. The maximum Gasteiger partial charge on any atom is 0.472 e. The predicted octanol–water partition coefficient (Wildman–Crippen LogP) is 13.8. The molecule has 0 aliphatic heterocycles. The van der Waals surface area contributed by atoms with Crippen LogP contribution in [0.1, 0.15) is 194 Å². The molecule has 0 rings (SSSR count). The Morgan fingerprint density at radius 3 is 1.39 bits per heavy atom. The first kappa shape index (κ1) is 56.5. The molecule has 2 unspecified atom stereocenters. The second-order valence-electron chi connectivity index (χ2n) is 15.2. The van der Waals surface area contributed by atoms with Crippen molar-refractivity contribution in [3.8, 4) is 0 Å². The van der Waals surface area contributed by atoms with Crippen LogP contribution in [0.2, 0.25) is 0 Å². The van der Waals surface area contributed by atoms with E-state index in [9.17, 15) is 19.0 Å². The summed E-state index contributed by atoms with van der Waals surface area (Å²) < 4.78 is 32.7. The minimum absolute atomic E-state index is 0.0514. The molecule has 0 aromatic rings. The Labute approximate surface area is 361 Å². The molecule has 0 spiro atoms. The summed E-state index contributed by atoms with van der Waals surface area (Å²) in [5.74, 6) is -0.839. The number of phosphoric acid groups is 1. The van der Waals surface area contributed by atoms with Crippen molar-refractivity contribution < 1.29 is 37.6 Å². The maximum atomic E-state index is 12.6. The van der Waals surface area contributed by atoms with E-state index in [0.717, 1.165) is 77.0 Å². The van der Waals surface area contributed by atoms with Gasteiger partial charge in [0.1, 0.15) is 6.61 Å².